The first-order valence-electron chi connectivity index (χ1n) is 8.17. The smallest absolute Gasteiger partial charge is 0.303 e. The van der Waals surface area contributed by atoms with Gasteiger partial charge in [-0.25, -0.2) is 0 Å². The normalized spacial score (nSPS) is 28.0. The minimum atomic E-state index is -1.11. The molecule has 1 saturated heterocycles. The van der Waals surface area contributed by atoms with E-state index in [0.717, 1.165) is 0 Å². The Morgan fingerprint density at radius 1 is 0.923 bits per heavy atom. The van der Waals surface area contributed by atoms with Crippen LogP contribution in [-0.2, 0) is 42.9 Å². The molecule has 5 atom stereocenters. The van der Waals surface area contributed by atoms with Gasteiger partial charge in [-0.05, 0) is 6.92 Å². The lowest BCUT2D eigenvalue weighted by Gasteiger charge is -2.44. The van der Waals surface area contributed by atoms with Gasteiger partial charge in [-0.1, -0.05) is 0 Å². The molecule has 148 valence electrons. The Kier molecular flexibility index (Phi) is 8.46. The van der Waals surface area contributed by atoms with Crippen molar-refractivity contribution >= 4 is 23.8 Å². The zero-order chi connectivity index (χ0) is 19.9. The minimum Gasteiger partial charge on any atom is -0.463 e. The van der Waals surface area contributed by atoms with Gasteiger partial charge in [0.2, 0.25) is 5.91 Å². The molecule has 0 aliphatic carbocycles. The molecule has 1 N–H and O–H groups in total. The first-order valence-corrected chi connectivity index (χ1v) is 8.17. The zero-order valence-corrected chi connectivity index (χ0v) is 15.5. The molecule has 0 aromatic heterocycles. The molecular weight excluding hydrogens is 350 g/mol. The lowest BCUT2D eigenvalue weighted by atomic mass is 9.96. The molecule has 1 amide bonds. The Bertz CT molecular complexity index is 536. The van der Waals surface area contributed by atoms with E-state index in [1.807, 2.05) is 0 Å². The fourth-order valence-electron chi connectivity index (χ4n) is 2.60. The summed E-state index contributed by atoms with van der Waals surface area (Å²) in [5.41, 5.74) is 0. The third kappa shape index (κ3) is 6.60. The van der Waals surface area contributed by atoms with E-state index in [4.69, 9.17) is 23.7 Å². The second-order valence-corrected chi connectivity index (χ2v) is 5.68. The van der Waals surface area contributed by atoms with Crippen molar-refractivity contribution in [3.05, 3.63) is 0 Å². The summed E-state index contributed by atoms with van der Waals surface area (Å²) in [7, 11) is 0. The van der Waals surface area contributed by atoms with E-state index in [-0.39, 0.29) is 13.2 Å². The molecule has 0 unspecified atom stereocenters. The molecule has 1 aliphatic heterocycles. The Hall–Kier alpha value is -2.20. The van der Waals surface area contributed by atoms with Crippen LogP contribution in [0.3, 0.4) is 0 Å². The van der Waals surface area contributed by atoms with Crippen molar-refractivity contribution in [1.82, 2.24) is 5.32 Å². The molecule has 1 aliphatic rings. The van der Waals surface area contributed by atoms with Gasteiger partial charge >= 0.3 is 17.9 Å². The molecule has 26 heavy (non-hydrogen) atoms. The number of carbonyl (C=O) groups excluding carboxylic acids is 4. The molecular formula is C16H25NO9. The predicted octanol–water partition coefficient (Wildman–Crippen LogP) is -0.321. The fourth-order valence-corrected chi connectivity index (χ4v) is 2.60. The van der Waals surface area contributed by atoms with Crippen LogP contribution in [0, 0.1) is 0 Å². The number of nitrogens with one attached hydrogen (secondary N) is 1. The van der Waals surface area contributed by atoms with Gasteiger partial charge in [0.1, 0.15) is 18.8 Å². The maximum atomic E-state index is 11.6. The van der Waals surface area contributed by atoms with Crippen LogP contribution < -0.4 is 5.32 Å². The van der Waals surface area contributed by atoms with Gasteiger partial charge in [0, 0.05) is 34.3 Å². The van der Waals surface area contributed by atoms with Crippen LogP contribution in [0.4, 0.5) is 0 Å². The molecule has 0 radical (unpaired) electrons. The first kappa shape index (κ1) is 21.8. The highest BCUT2D eigenvalue weighted by molar-refractivity contribution is 5.73. The molecule has 10 heteroatoms. The van der Waals surface area contributed by atoms with Gasteiger partial charge in [0.25, 0.3) is 0 Å². The molecule has 0 aromatic carbocycles. The van der Waals surface area contributed by atoms with Gasteiger partial charge in [-0.15, -0.1) is 0 Å². The molecule has 1 heterocycles. The molecule has 10 nitrogen and oxygen atoms in total. The van der Waals surface area contributed by atoms with Crippen LogP contribution in [0.5, 0.6) is 0 Å². The van der Waals surface area contributed by atoms with Crippen LogP contribution in [0.1, 0.15) is 34.6 Å². The largest absolute Gasteiger partial charge is 0.463 e. The summed E-state index contributed by atoms with van der Waals surface area (Å²) < 4.78 is 26.7. The lowest BCUT2D eigenvalue weighted by molar-refractivity contribution is -0.276. The van der Waals surface area contributed by atoms with E-state index < -0.39 is 54.5 Å². The lowest BCUT2D eigenvalue weighted by Crippen LogP contribution is -2.66. The molecule has 1 fully saturated rings. The van der Waals surface area contributed by atoms with E-state index in [9.17, 15) is 19.2 Å². The summed E-state index contributed by atoms with van der Waals surface area (Å²) >= 11 is 0. The summed E-state index contributed by atoms with van der Waals surface area (Å²) in [4.78, 5) is 45.8. The SMILES string of the molecule is CCO[C@@H]1O[C@H](COC(C)=O)[C@H](OC(C)=O)[C@@H](OC(C)=O)[C@H]1NC(C)=O. The molecule has 0 saturated carbocycles. The number of hydrogen-bond acceptors (Lipinski definition) is 9. The number of rotatable bonds is 7. The number of carbonyl (C=O) groups is 4. The highest BCUT2D eigenvalue weighted by Crippen LogP contribution is 2.27. The summed E-state index contributed by atoms with van der Waals surface area (Å²) in [6.45, 7) is 6.56. The maximum Gasteiger partial charge on any atom is 0.303 e. The van der Waals surface area contributed by atoms with Gasteiger partial charge in [0.05, 0.1) is 0 Å². The van der Waals surface area contributed by atoms with Crippen molar-refractivity contribution in [2.45, 2.75) is 65.3 Å². The number of amides is 1. The predicted molar refractivity (Wildman–Crippen MR) is 85.6 cm³/mol. The molecule has 0 aromatic rings. The van der Waals surface area contributed by atoms with E-state index in [2.05, 4.69) is 5.32 Å². The Balaban J connectivity index is 3.22. The highest BCUT2D eigenvalue weighted by Gasteiger charge is 2.51. The standard InChI is InChI=1S/C16H25NO9/c1-6-22-16-13(17-8(2)18)15(25-11(5)21)14(24-10(4)20)12(26-16)7-23-9(3)19/h12-16H,6-7H2,1-5H3,(H,17,18)/t12-,13-,14+,15+,16-/m1/s1. The van der Waals surface area contributed by atoms with Gasteiger partial charge in [-0.3, -0.25) is 19.2 Å². The van der Waals surface area contributed by atoms with Crippen LogP contribution in [0.2, 0.25) is 0 Å². The van der Waals surface area contributed by atoms with Gasteiger partial charge < -0.3 is 29.0 Å². The number of ether oxygens (including phenoxy) is 5. The third-order valence-corrected chi connectivity index (χ3v) is 3.40. The second kappa shape index (κ2) is 10.1. The van der Waals surface area contributed by atoms with Crippen molar-refractivity contribution in [1.29, 1.82) is 0 Å². The van der Waals surface area contributed by atoms with Crippen molar-refractivity contribution in [2.24, 2.45) is 0 Å². The van der Waals surface area contributed by atoms with Crippen molar-refractivity contribution in [3.63, 3.8) is 0 Å². The average Bonchev–Trinajstić information content (AvgIpc) is 2.50. The molecule has 0 spiro atoms. The summed E-state index contributed by atoms with van der Waals surface area (Å²) in [5, 5.41) is 2.60. The minimum absolute atomic E-state index is 0.242. The quantitative estimate of drug-likeness (QED) is 0.470. The van der Waals surface area contributed by atoms with E-state index in [0.29, 0.717) is 0 Å². The Morgan fingerprint density at radius 3 is 1.96 bits per heavy atom. The van der Waals surface area contributed by atoms with Gasteiger partial charge in [-0.2, -0.15) is 0 Å². The van der Waals surface area contributed by atoms with E-state index >= 15 is 0 Å². The van der Waals surface area contributed by atoms with E-state index in [1.54, 1.807) is 6.92 Å². The summed E-state index contributed by atoms with van der Waals surface area (Å²) in [6, 6.07) is -0.922. The Labute approximate surface area is 151 Å². The number of esters is 3. The van der Waals surface area contributed by atoms with Crippen LogP contribution in [0.15, 0.2) is 0 Å². The average molecular weight is 375 g/mol. The molecule has 1 rings (SSSR count). The molecule has 0 bridgehead atoms. The van der Waals surface area contributed by atoms with Crippen LogP contribution in [0.25, 0.3) is 0 Å². The van der Waals surface area contributed by atoms with Crippen molar-refractivity contribution < 1.29 is 42.9 Å². The van der Waals surface area contributed by atoms with Gasteiger partial charge in [0.15, 0.2) is 18.5 Å². The first-order chi connectivity index (χ1) is 12.1. The maximum absolute atomic E-state index is 11.6. The fraction of sp³-hybridized carbons (Fsp3) is 0.750. The number of hydrogen-bond donors (Lipinski definition) is 1. The topological polar surface area (TPSA) is 126 Å². The van der Waals surface area contributed by atoms with E-state index in [1.165, 1.54) is 27.7 Å². The monoisotopic (exact) mass is 375 g/mol. The second-order valence-electron chi connectivity index (χ2n) is 5.68. The highest BCUT2D eigenvalue weighted by atomic mass is 16.7. The van der Waals surface area contributed by atoms with Crippen molar-refractivity contribution in [3.8, 4) is 0 Å². The van der Waals surface area contributed by atoms with Crippen LogP contribution >= 0.6 is 0 Å². The Morgan fingerprint density at radius 2 is 1.50 bits per heavy atom. The third-order valence-electron chi connectivity index (χ3n) is 3.40. The van der Waals surface area contributed by atoms with Crippen LogP contribution in [-0.4, -0.2) is 67.7 Å². The van der Waals surface area contributed by atoms with Crippen molar-refractivity contribution in [2.75, 3.05) is 13.2 Å². The summed E-state index contributed by atoms with van der Waals surface area (Å²) in [6.07, 6.45) is -4.15. The zero-order valence-electron chi connectivity index (χ0n) is 15.5. The summed E-state index contributed by atoms with van der Waals surface area (Å²) in [5.74, 6) is -2.28.